The molecule has 0 heterocycles. The van der Waals surface area contributed by atoms with Crippen LogP contribution >= 0.6 is 0 Å². The van der Waals surface area contributed by atoms with Crippen molar-refractivity contribution in [2.75, 3.05) is 12.3 Å². The summed E-state index contributed by atoms with van der Waals surface area (Å²) in [5.74, 6) is 1.51. The average molecular weight is 303 g/mol. The fourth-order valence-corrected chi connectivity index (χ4v) is 4.64. The van der Waals surface area contributed by atoms with E-state index < -0.39 is 15.9 Å². The number of rotatable bonds is 4. The Morgan fingerprint density at radius 2 is 1.80 bits per heavy atom. The Morgan fingerprint density at radius 3 is 2.30 bits per heavy atom. The third-order valence-electron chi connectivity index (χ3n) is 4.81. The molecule has 6 heteroatoms. The molecular weight excluding hydrogens is 278 g/mol. The van der Waals surface area contributed by atoms with Crippen LogP contribution in [0.5, 0.6) is 0 Å². The van der Waals surface area contributed by atoms with E-state index in [1.54, 1.807) is 0 Å². The third-order valence-corrected chi connectivity index (χ3v) is 5.53. The summed E-state index contributed by atoms with van der Waals surface area (Å²) in [4.78, 5) is 12.3. The van der Waals surface area contributed by atoms with E-state index in [0.717, 1.165) is 18.8 Å². The second-order valence-corrected chi connectivity index (χ2v) is 8.63. The van der Waals surface area contributed by atoms with E-state index in [1.807, 2.05) is 6.92 Å². The second kappa shape index (κ2) is 5.64. The largest absolute Gasteiger partial charge is 0.355 e. The molecule has 2 unspecified atom stereocenters. The average Bonchev–Trinajstić information content (AvgIpc) is 2.24. The molecule has 2 aliphatic carbocycles. The zero-order valence-electron chi connectivity index (χ0n) is 12.3. The molecule has 0 spiro atoms. The molecule has 0 aromatic rings. The molecule has 2 aliphatic rings. The number of hydrogen-bond donors (Lipinski definition) is 2. The molecule has 2 N–H and O–H groups in total. The first-order valence-corrected chi connectivity index (χ1v) is 9.02. The molecule has 0 aromatic carbocycles. The molecule has 2 saturated carbocycles. The van der Waals surface area contributed by atoms with Gasteiger partial charge < -0.3 is 5.32 Å². The van der Waals surface area contributed by atoms with Crippen molar-refractivity contribution in [3.05, 3.63) is 0 Å². The van der Waals surface area contributed by atoms with Gasteiger partial charge in [0.2, 0.25) is 5.91 Å². The fraction of sp³-hybridized carbons (Fsp3) is 0.929. The smallest absolute Gasteiger partial charge is 0.266 e. The minimum atomic E-state index is -4.01. The van der Waals surface area contributed by atoms with E-state index in [0.29, 0.717) is 11.8 Å². The lowest BCUT2D eigenvalue weighted by Gasteiger charge is -2.46. The summed E-state index contributed by atoms with van der Waals surface area (Å²) < 4.78 is 30.0. The highest BCUT2D eigenvalue weighted by Crippen LogP contribution is 2.50. The van der Waals surface area contributed by atoms with E-state index in [1.165, 1.54) is 19.3 Å². The Hall–Kier alpha value is -0.620. The minimum Gasteiger partial charge on any atom is -0.355 e. The van der Waals surface area contributed by atoms with Crippen molar-refractivity contribution >= 4 is 16.0 Å². The zero-order valence-corrected chi connectivity index (χ0v) is 13.1. The zero-order chi connectivity index (χ0) is 15.0. The lowest BCUT2D eigenvalue weighted by atomic mass is 9.59. The highest BCUT2D eigenvalue weighted by atomic mass is 32.2. The van der Waals surface area contributed by atoms with Crippen LogP contribution in [0.4, 0.5) is 0 Å². The van der Waals surface area contributed by atoms with Crippen molar-refractivity contribution in [2.24, 2.45) is 23.2 Å². The lowest BCUT2D eigenvalue weighted by Crippen LogP contribution is -2.47. The molecule has 2 bridgehead atoms. The topological polar surface area (TPSA) is 83.5 Å². The maximum absolute atomic E-state index is 12.3. The van der Waals surface area contributed by atoms with Gasteiger partial charge in [-0.3, -0.25) is 9.35 Å². The van der Waals surface area contributed by atoms with Gasteiger partial charge in [-0.15, -0.1) is 0 Å². The summed E-state index contributed by atoms with van der Waals surface area (Å²) in [6.45, 7) is 4.26. The normalized spacial score (nSPS) is 37.5. The van der Waals surface area contributed by atoms with Crippen LogP contribution in [0.3, 0.4) is 0 Å². The Morgan fingerprint density at radius 1 is 1.25 bits per heavy atom. The summed E-state index contributed by atoms with van der Waals surface area (Å²) >= 11 is 0. The maximum atomic E-state index is 12.3. The van der Waals surface area contributed by atoms with Gasteiger partial charge in [0.05, 0.1) is 5.75 Å². The van der Waals surface area contributed by atoms with Crippen molar-refractivity contribution in [3.63, 3.8) is 0 Å². The van der Waals surface area contributed by atoms with Crippen LogP contribution in [0.1, 0.15) is 46.0 Å². The first-order chi connectivity index (χ1) is 9.18. The first kappa shape index (κ1) is 15.8. The molecule has 1 amide bonds. The summed E-state index contributed by atoms with van der Waals surface area (Å²) in [5, 5.41) is 2.67. The fourth-order valence-electron chi connectivity index (χ4n) is 4.28. The van der Waals surface area contributed by atoms with Gasteiger partial charge in [-0.05, 0) is 49.9 Å². The van der Waals surface area contributed by atoms with Gasteiger partial charge in [0, 0.05) is 12.0 Å². The monoisotopic (exact) mass is 303 g/mol. The predicted molar refractivity (Wildman–Crippen MR) is 76.8 cm³/mol. The SMILES string of the molecule is CC1CC2CC(C1)CC(C)(C(=O)NCCS(=O)(=O)O)C2. The minimum absolute atomic E-state index is 0.0149. The van der Waals surface area contributed by atoms with Crippen LogP contribution in [0, 0.1) is 23.2 Å². The number of hydrogen-bond acceptors (Lipinski definition) is 3. The van der Waals surface area contributed by atoms with E-state index in [4.69, 9.17) is 4.55 Å². The Balaban J connectivity index is 1.92. The number of nitrogens with one attached hydrogen (secondary N) is 1. The number of amides is 1. The molecule has 5 nitrogen and oxygen atoms in total. The van der Waals surface area contributed by atoms with Gasteiger partial charge in [0.1, 0.15) is 0 Å². The summed E-state index contributed by atoms with van der Waals surface area (Å²) in [6, 6.07) is 0. The van der Waals surface area contributed by atoms with Gasteiger partial charge in [-0.1, -0.05) is 13.8 Å². The summed E-state index contributed by atoms with van der Waals surface area (Å²) in [5.41, 5.74) is -0.382. The molecule has 2 rings (SSSR count). The number of carbonyl (C=O) groups excluding carboxylic acids is 1. The maximum Gasteiger partial charge on any atom is 0.266 e. The molecule has 0 saturated heterocycles. The van der Waals surface area contributed by atoms with Crippen molar-refractivity contribution in [2.45, 2.75) is 46.0 Å². The Kier molecular flexibility index (Phi) is 4.44. The number of fused-ring (bicyclic) bond motifs is 2. The Bertz CT molecular complexity index is 456. The molecule has 0 radical (unpaired) electrons. The standard InChI is InChI=1S/C14H25NO4S/c1-10-5-11-7-12(6-10)9-14(2,8-11)13(16)15-3-4-20(17,18)19/h10-12H,3-9H2,1-2H3,(H,15,16)(H,17,18,19). The second-order valence-electron chi connectivity index (χ2n) is 7.06. The van der Waals surface area contributed by atoms with Crippen molar-refractivity contribution in [1.29, 1.82) is 0 Å². The third kappa shape index (κ3) is 3.95. The van der Waals surface area contributed by atoms with Crippen molar-refractivity contribution in [1.82, 2.24) is 5.32 Å². The quantitative estimate of drug-likeness (QED) is 0.776. The lowest BCUT2D eigenvalue weighted by molar-refractivity contribution is -0.135. The van der Waals surface area contributed by atoms with Crippen LogP contribution in [0.25, 0.3) is 0 Å². The van der Waals surface area contributed by atoms with Crippen LogP contribution in [0.15, 0.2) is 0 Å². The van der Waals surface area contributed by atoms with Crippen LogP contribution in [0.2, 0.25) is 0 Å². The van der Waals surface area contributed by atoms with Gasteiger partial charge in [-0.25, -0.2) is 0 Å². The van der Waals surface area contributed by atoms with Crippen LogP contribution in [-0.4, -0.2) is 31.2 Å². The highest BCUT2D eigenvalue weighted by Gasteiger charge is 2.44. The number of carbonyl (C=O) groups is 1. The van der Waals surface area contributed by atoms with Gasteiger partial charge in [0.25, 0.3) is 10.1 Å². The van der Waals surface area contributed by atoms with E-state index in [9.17, 15) is 13.2 Å². The van der Waals surface area contributed by atoms with E-state index in [2.05, 4.69) is 12.2 Å². The van der Waals surface area contributed by atoms with Crippen molar-refractivity contribution < 1.29 is 17.8 Å². The van der Waals surface area contributed by atoms with Crippen LogP contribution < -0.4 is 5.32 Å². The van der Waals surface area contributed by atoms with Gasteiger partial charge in [0.15, 0.2) is 0 Å². The van der Waals surface area contributed by atoms with Gasteiger partial charge >= 0.3 is 0 Å². The summed E-state index contributed by atoms with van der Waals surface area (Å²) in [6.07, 6.45) is 5.42. The molecule has 116 valence electrons. The van der Waals surface area contributed by atoms with Crippen molar-refractivity contribution in [3.8, 4) is 0 Å². The first-order valence-electron chi connectivity index (χ1n) is 7.41. The Labute approximate surface area is 121 Å². The predicted octanol–water partition coefficient (Wildman–Crippen LogP) is 1.84. The molecule has 0 aromatic heterocycles. The highest BCUT2D eigenvalue weighted by molar-refractivity contribution is 7.85. The molecule has 2 atom stereocenters. The molecule has 20 heavy (non-hydrogen) atoms. The van der Waals surface area contributed by atoms with E-state index >= 15 is 0 Å². The molecular formula is C14H25NO4S. The van der Waals surface area contributed by atoms with Crippen LogP contribution in [-0.2, 0) is 14.9 Å². The molecule has 0 aliphatic heterocycles. The molecule has 2 fully saturated rings. The van der Waals surface area contributed by atoms with E-state index in [-0.39, 0.29) is 17.9 Å². The summed E-state index contributed by atoms with van der Waals surface area (Å²) in [7, 11) is -4.01. The van der Waals surface area contributed by atoms with Gasteiger partial charge in [-0.2, -0.15) is 8.42 Å².